The van der Waals surface area contributed by atoms with Crippen molar-refractivity contribution in [1.29, 1.82) is 0 Å². The Morgan fingerprint density at radius 1 is 0.828 bits per heavy atom. The molecular weight excluding hydrogens is 595 g/mol. The smallest absolute Gasteiger partial charge is 0.327 e. The molecule has 0 bridgehead atoms. The summed E-state index contributed by atoms with van der Waals surface area (Å²) in [7, 11) is -4.36. The average Bonchev–Trinajstić information content (AvgIpc) is 2.67. The molecule has 6 nitrogen and oxygen atoms in total. The molecule has 2 aromatic rings. The fourth-order valence-corrected chi connectivity index (χ4v) is 5.21. The zero-order chi connectivity index (χ0) is 21.7. The second-order valence-corrected chi connectivity index (χ2v) is 12.2. The van der Waals surface area contributed by atoms with E-state index in [0.29, 0.717) is 16.8 Å². The highest BCUT2D eigenvalue weighted by atomic mass is 79.9. The Morgan fingerprint density at radius 3 is 1.55 bits per heavy atom. The largest absolute Gasteiger partial charge is 0.549 e. The Hall–Kier alpha value is -0.410. The van der Waals surface area contributed by atoms with E-state index in [0.717, 1.165) is 11.1 Å². The van der Waals surface area contributed by atoms with E-state index in [1.54, 1.807) is 24.3 Å². The van der Waals surface area contributed by atoms with E-state index in [-0.39, 0.29) is 0 Å². The summed E-state index contributed by atoms with van der Waals surface area (Å²) in [5.74, 6) is 0.653. The molecule has 0 amide bonds. The van der Waals surface area contributed by atoms with Crippen LogP contribution in [0.4, 0.5) is 0 Å². The van der Waals surface area contributed by atoms with Gasteiger partial charge < -0.3 is 9.78 Å². The third-order valence-electron chi connectivity index (χ3n) is 3.84. The minimum atomic E-state index is -4.36. The molecule has 0 saturated heterocycles. The van der Waals surface area contributed by atoms with Crippen LogP contribution in [-0.4, -0.2) is 8.75 Å². The number of benzene rings is 2. The lowest BCUT2D eigenvalue weighted by atomic mass is 9.98. The van der Waals surface area contributed by atoms with Crippen LogP contribution in [0.2, 0.25) is 0 Å². The predicted octanol–water partition coefficient (Wildman–Crippen LogP) is 7.61. The molecule has 0 unspecified atom stereocenters. The third kappa shape index (κ3) is 7.35. The van der Waals surface area contributed by atoms with Gasteiger partial charge in [0.1, 0.15) is 0 Å². The van der Waals surface area contributed by atoms with Gasteiger partial charge in [-0.2, -0.15) is 0 Å². The number of phosphoric acid groups is 1. The van der Waals surface area contributed by atoms with E-state index < -0.39 is 16.7 Å². The first-order valence-electron chi connectivity index (χ1n) is 8.57. The van der Waals surface area contributed by atoms with Crippen molar-refractivity contribution in [1.82, 2.24) is 0 Å². The first-order chi connectivity index (χ1) is 13.5. The van der Waals surface area contributed by atoms with Gasteiger partial charge in [-0.1, -0.05) is 74.5 Å². The van der Waals surface area contributed by atoms with E-state index in [4.69, 9.17) is 23.6 Å². The normalized spacial score (nSPS) is 12.7. The van der Waals surface area contributed by atoms with Gasteiger partial charge in [-0.25, -0.2) is 4.57 Å². The van der Waals surface area contributed by atoms with E-state index >= 15 is 0 Å². The quantitative estimate of drug-likeness (QED) is 0.118. The van der Waals surface area contributed by atoms with Gasteiger partial charge in [0.15, 0.2) is 14.9 Å². The Balaban J connectivity index is 2.19. The summed E-state index contributed by atoms with van der Waals surface area (Å²) >= 11 is 10.2. The predicted molar refractivity (Wildman–Crippen MR) is 123 cm³/mol. The molecule has 0 fully saturated rings. The zero-order valence-corrected chi connectivity index (χ0v) is 22.0. The Labute approximate surface area is 196 Å². The van der Waals surface area contributed by atoms with Crippen LogP contribution in [0, 0.1) is 19.3 Å². The summed E-state index contributed by atoms with van der Waals surface area (Å²) in [5.41, 5.74) is 1.51. The van der Waals surface area contributed by atoms with Gasteiger partial charge in [0.05, 0.1) is 0 Å². The average molecular weight is 617 g/mol. The molecule has 0 spiro atoms. The summed E-state index contributed by atoms with van der Waals surface area (Å²) in [6, 6.07) is 13.9. The van der Waals surface area contributed by atoms with Crippen LogP contribution in [0.25, 0.3) is 0 Å². The molecule has 2 rings (SSSR count). The van der Waals surface area contributed by atoms with Gasteiger partial charge in [0, 0.05) is 10.7 Å². The molecule has 0 saturated carbocycles. The summed E-state index contributed by atoms with van der Waals surface area (Å²) in [4.78, 5) is 10.4. The fraction of sp³-hybridized carbons (Fsp3) is 0.368. The number of halogens is 3. The fourth-order valence-electron chi connectivity index (χ4n) is 1.75. The minimum Gasteiger partial charge on any atom is -0.327 e. The molecule has 0 heterocycles. The maximum absolute atomic E-state index is 13.3. The number of hydrogen-bond acceptors (Lipinski definition) is 6. The molecule has 0 aliphatic rings. The molecule has 29 heavy (non-hydrogen) atoms. The van der Waals surface area contributed by atoms with E-state index in [2.05, 4.69) is 47.8 Å². The molecule has 0 aliphatic heterocycles. The van der Waals surface area contributed by atoms with Gasteiger partial charge in [-0.05, 0) is 70.0 Å². The van der Waals surface area contributed by atoms with E-state index in [1.807, 2.05) is 52.0 Å². The first kappa shape index (κ1) is 24.9. The van der Waals surface area contributed by atoms with Crippen molar-refractivity contribution < 1.29 is 28.2 Å². The van der Waals surface area contributed by atoms with Gasteiger partial charge in [-0.3, -0.25) is 4.52 Å². The van der Waals surface area contributed by atoms with Crippen LogP contribution in [0.15, 0.2) is 48.5 Å². The zero-order valence-electron chi connectivity index (χ0n) is 16.4. The summed E-state index contributed by atoms with van der Waals surface area (Å²) in [6.07, 6.45) is 0. The minimum absolute atomic E-state index is 0.327. The van der Waals surface area contributed by atoms with Crippen LogP contribution in [0.5, 0.6) is 11.5 Å². The maximum atomic E-state index is 13.3. The molecule has 2 aromatic carbocycles. The number of hydrogen-bond donors (Lipinski definition) is 0. The number of aryl methyl sites for hydroxylation is 2. The van der Waals surface area contributed by atoms with E-state index in [9.17, 15) is 4.57 Å². The molecular formula is C19H22Br3O6P. The molecule has 0 aliphatic carbocycles. The molecule has 0 atom stereocenters. The van der Waals surface area contributed by atoms with Crippen LogP contribution in [-0.2, 0) is 18.4 Å². The van der Waals surface area contributed by atoms with Gasteiger partial charge in [0.25, 0.3) is 0 Å². The Kier molecular flexibility index (Phi) is 8.80. The van der Waals surface area contributed by atoms with Crippen molar-refractivity contribution in [2.24, 2.45) is 5.41 Å². The van der Waals surface area contributed by atoms with Crippen molar-refractivity contribution in [3.63, 3.8) is 0 Å². The lowest BCUT2D eigenvalue weighted by Gasteiger charge is -2.36. The highest BCUT2D eigenvalue weighted by Gasteiger charge is 2.50. The topological polar surface area (TPSA) is 63.2 Å². The molecule has 0 radical (unpaired) electrons. The van der Waals surface area contributed by atoms with Crippen LogP contribution in [0.1, 0.15) is 25.0 Å². The maximum Gasteiger partial charge on any atom is 0.549 e. The number of alkyl halides is 3. The molecule has 0 aromatic heterocycles. The lowest BCUT2D eigenvalue weighted by molar-refractivity contribution is -0.197. The van der Waals surface area contributed by atoms with Crippen molar-refractivity contribution in [2.75, 3.05) is 5.33 Å². The van der Waals surface area contributed by atoms with Crippen LogP contribution >= 0.6 is 55.6 Å². The molecule has 160 valence electrons. The summed E-state index contributed by atoms with van der Waals surface area (Å²) in [5, 5.41) is 0.508. The highest BCUT2D eigenvalue weighted by Crippen LogP contribution is 2.60. The Morgan fingerprint density at radius 2 is 1.21 bits per heavy atom. The lowest BCUT2D eigenvalue weighted by Crippen LogP contribution is -2.37. The van der Waals surface area contributed by atoms with Gasteiger partial charge in [-0.15, -0.1) is 0 Å². The number of rotatable bonds is 10. The second kappa shape index (κ2) is 10.3. The van der Waals surface area contributed by atoms with Crippen LogP contribution < -0.4 is 9.78 Å². The van der Waals surface area contributed by atoms with Crippen molar-refractivity contribution in [3.05, 3.63) is 59.7 Å². The van der Waals surface area contributed by atoms with Gasteiger partial charge >= 0.3 is 7.82 Å². The monoisotopic (exact) mass is 614 g/mol. The van der Waals surface area contributed by atoms with Crippen molar-refractivity contribution >= 4 is 55.6 Å². The Bertz CT molecular complexity index is 787. The third-order valence-corrected chi connectivity index (χ3v) is 9.22. The molecule has 10 heteroatoms. The van der Waals surface area contributed by atoms with Crippen molar-refractivity contribution in [3.8, 4) is 11.5 Å². The summed E-state index contributed by atoms with van der Waals surface area (Å²) < 4.78 is 27.8. The van der Waals surface area contributed by atoms with Crippen LogP contribution in [0.3, 0.4) is 0 Å². The highest BCUT2D eigenvalue weighted by molar-refractivity contribution is 9.25. The summed E-state index contributed by atoms with van der Waals surface area (Å²) in [6.45, 7) is 7.61. The van der Waals surface area contributed by atoms with E-state index in [1.165, 1.54) is 0 Å². The molecule has 0 N–H and O–H groups in total. The standard InChI is InChI=1S/C19H22Br3O6P/c1-14-5-9-16(10-6-14)24-27-29(23,26-19(21,22)18(3,4)13-20)28-25-17-11-7-15(2)8-12-17/h5-12H,13H2,1-4H3. The van der Waals surface area contributed by atoms with Gasteiger partial charge in [0.2, 0.25) is 0 Å². The van der Waals surface area contributed by atoms with Crippen molar-refractivity contribution in [2.45, 2.75) is 31.1 Å². The first-order valence-corrected chi connectivity index (χ1v) is 12.7. The second-order valence-electron chi connectivity index (χ2n) is 7.01. The SMILES string of the molecule is Cc1ccc(OOP(=O)(OOc2ccc(C)cc2)OC(Br)(Br)C(C)(C)CBr)cc1.